The lowest BCUT2D eigenvalue weighted by Gasteiger charge is -2.35. The standard InChI is InChI=1S/C19H21ClN2O2/c1-13-9-11-14(12-10-13)17(23)21-22(19(2,3)4)18(24)15-7-5-6-8-16(15)20/h5-12H,1-4H3,(H,21,23). The molecular weight excluding hydrogens is 324 g/mol. The summed E-state index contributed by atoms with van der Waals surface area (Å²) < 4.78 is 0. The molecule has 2 aromatic carbocycles. The minimum atomic E-state index is -0.614. The highest BCUT2D eigenvalue weighted by Crippen LogP contribution is 2.21. The van der Waals surface area contributed by atoms with E-state index in [0.29, 0.717) is 16.1 Å². The van der Waals surface area contributed by atoms with Crippen LogP contribution in [0.4, 0.5) is 0 Å². The highest BCUT2D eigenvalue weighted by atomic mass is 35.5. The Balaban J connectivity index is 2.30. The number of nitrogens with one attached hydrogen (secondary N) is 1. The maximum atomic E-state index is 12.9. The van der Waals surface area contributed by atoms with Crippen molar-refractivity contribution in [1.82, 2.24) is 10.4 Å². The fourth-order valence-corrected chi connectivity index (χ4v) is 2.37. The molecule has 0 aliphatic heterocycles. The third kappa shape index (κ3) is 4.15. The van der Waals surface area contributed by atoms with Crippen molar-refractivity contribution in [3.8, 4) is 0 Å². The van der Waals surface area contributed by atoms with Crippen LogP contribution < -0.4 is 5.43 Å². The van der Waals surface area contributed by atoms with Crippen LogP contribution in [-0.4, -0.2) is 22.4 Å². The van der Waals surface area contributed by atoms with Crippen LogP contribution in [0.3, 0.4) is 0 Å². The van der Waals surface area contributed by atoms with Crippen LogP contribution in [0.2, 0.25) is 5.02 Å². The van der Waals surface area contributed by atoms with Crippen molar-refractivity contribution in [3.05, 3.63) is 70.2 Å². The van der Waals surface area contributed by atoms with Crippen LogP contribution in [0.5, 0.6) is 0 Å². The zero-order valence-electron chi connectivity index (χ0n) is 14.3. The summed E-state index contributed by atoms with van der Waals surface area (Å²) >= 11 is 6.12. The molecule has 0 saturated carbocycles. The summed E-state index contributed by atoms with van der Waals surface area (Å²) in [6.07, 6.45) is 0. The third-order valence-electron chi connectivity index (χ3n) is 3.51. The van der Waals surface area contributed by atoms with Crippen molar-refractivity contribution < 1.29 is 9.59 Å². The van der Waals surface area contributed by atoms with E-state index in [1.54, 1.807) is 36.4 Å². The minimum absolute atomic E-state index is 0.342. The second-order valence-electron chi connectivity index (χ2n) is 6.60. The van der Waals surface area contributed by atoms with Crippen molar-refractivity contribution in [3.63, 3.8) is 0 Å². The Labute approximate surface area is 147 Å². The number of hydrazine groups is 1. The molecule has 0 fully saturated rings. The topological polar surface area (TPSA) is 49.4 Å². The van der Waals surface area contributed by atoms with Gasteiger partial charge in [0, 0.05) is 5.56 Å². The normalized spacial score (nSPS) is 11.0. The second-order valence-corrected chi connectivity index (χ2v) is 7.01. The molecule has 0 heterocycles. The van der Waals surface area contributed by atoms with Gasteiger partial charge < -0.3 is 0 Å². The lowest BCUT2D eigenvalue weighted by Crippen LogP contribution is -2.55. The van der Waals surface area contributed by atoms with Gasteiger partial charge in [0.05, 0.1) is 16.1 Å². The van der Waals surface area contributed by atoms with Gasteiger partial charge in [0.25, 0.3) is 11.8 Å². The zero-order valence-corrected chi connectivity index (χ0v) is 15.0. The van der Waals surface area contributed by atoms with E-state index in [9.17, 15) is 9.59 Å². The maximum Gasteiger partial charge on any atom is 0.274 e. The number of carbonyl (C=O) groups is 2. The Hall–Kier alpha value is -2.33. The Morgan fingerprint density at radius 2 is 1.58 bits per heavy atom. The Morgan fingerprint density at radius 1 is 1.00 bits per heavy atom. The zero-order chi connectivity index (χ0) is 17.9. The maximum absolute atomic E-state index is 12.9. The van der Waals surface area contributed by atoms with Crippen LogP contribution in [0.1, 0.15) is 47.1 Å². The molecule has 0 aliphatic rings. The third-order valence-corrected chi connectivity index (χ3v) is 3.83. The molecule has 0 aromatic heterocycles. The minimum Gasteiger partial charge on any atom is -0.267 e. The van der Waals surface area contributed by atoms with Gasteiger partial charge in [-0.05, 0) is 52.0 Å². The largest absolute Gasteiger partial charge is 0.274 e. The summed E-state index contributed by atoms with van der Waals surface area (Å²) in [5.41, 5.74) is 3.98. The fraction of sp³-hybridized carbons (Fsp3) is 0.263. The predicted molar refractivity (Wildman–Crippen MR) is 96.0 cm³/mol. The molecule has 2 rings (SSSR count). The summed E-state index contributed by atoms with van der Waals surface area (Å²) in [4.78, 5) is 25.4. The van der Waals surface area contributed by atoms with Gasteiger partial charge in [-0.25, -0.2) is 5.01 Å². The van der Waals surface area contributed by atoms with Crippen molar-refractivity contribution in [1.29, 1.82) is 0 Å². The molecule has 5 heteroatoms. The highest BCUT2D eigenvalue weighted by molar-refractivity contribution is 6.33. The van der Waals surface area contributed by atoms with E-state index >= 15 is 0 Å². The molecule has 0 radical (unpaired) electrons. The van der Waals surface area contributed by atoms with Crippen LogP contribution in [0.15, 0.2) is 48.5 Å². The van der Waals surface area contributed by atoms with Gasteiger partial charge in [0.15, 0.2) is 0 Å². The molecule has 1 N–H and O–H groups in total. The van der Waals surface area contributed by atoms with Crippen molar-refractivity contribution in [2.24, 2.45) is 0 Å². The molecule has 0 spiro atoms. The molecule has 0 saturated heterocycles. The Kier molecular flexibility index (Phi) is 5.30. The van der Waals surface area contributed by atoms with Crippen LogP contribution in [-0.2, 0) is 0 Å². The number of amides is 2. The average Bonchev–Trinajstić information content (AvgIpc) is 2.52. The van der Waals surface area contributed by atoms with Gasteiger partial charge in [-0.1, -0.05) is 41.4 Å². The summed E-state index contributed by atoms with van der Waals surface area (Å²) in [5.74, 6) is -0.695. The number of carbonyl (C=O) groups excluding carboxylic acids is 2. The number of nitrogens with zero attached hydrogens (tertiary/aromatic N) is 1. The smallest absolute Gasteiger partial charge is 0.267 e. The first-order valence-electron chi connectivity index (χ1n) is 7.67. The molecule has 2 amide bonds. The Bertz CT molecular complexity index is 749. The van der Waals surface area contributed by atoms with Gasteiger partial charge in [-0.3, -0.25) is 15.0 Å². The Morgan fingerprint density at radius 3 is 2.12 bits per heavy atom. The lowest BCUT2D eigenvalue weighted by atomic mass is 10.1. The first-order chi connectivity index (χ1) is 11.2. The van der Waals surface area contributed by atoms with Crippen molar-refractivity contribution >= 4 is 23.4 Å². The first-order valence-corrected chi connectivity index (χ1v) is 8.04. The monoisotopic (exact) mass is 344 g/mol. The number of rotatable bonds is 2. The molecule has 126 valence electrons. The first kappa shape index (κ1) is 18.0. The van der Waals surface area contributed by atoms with E-state index in [4.69, 9.17) is 11.6 Å². The molecule has 0 atom stereocenters. The number of hydrogen-bond donors (Lipinski definition) is 1. The second kappa shape index (κ2) is 7.05. The van der Waals surface area contributed by atoms with E-state index in [1.807, 2.05) is 39.8 Å². The molecule has 2 aromatic rings. The average molecular weight is 345 g/mol. The number of halogens is 1. The van der Waals surface area contributed by atoms with Gasteiger partial charge in [0.2, 0.25) is 0 Å². The fourth-order valence-electron chi connectivity index (χ4n) is 2.15. The van der Waals surface area contributed by atoms with E-state index in [2.05, 4.69) is 5.43 Å². The van der Waals surface area contributed by atoms with Crippen molar-refractivity contribution in [2.45, 2.75) is 33.2 Å². The molecular formula is C19H21ClN2O2. The summed E-state index contributed by atoms with van der Waals surface area (Å²) in [6.45, 7) is 7.48. The van der Waals surface area contributed by atoms with Gasteiger partial charge >= 0.3 is 0 Å². The lowest BCUT2D eigenvalue weighted by molar-refractivity contribution is 0.0359. The highest BCUT2D eigenvalue weighted by Gasteiger charge is 2.30. The summed E-state index contributed by atoms with van der Waals surface area (Å²) in [5, 5.41) is 1.66. The van der Waals surface area contributed by atoms with Gasteiger partial charge in [-0.15, -0.1) is 0 Å². The summed E-state index contributed by atoms with van der Waals surface area (Å²) in [6, 6.07) is 13.9. The molecule has 0 aliphatic carbocycles. The molecule has 0 unspecified atom stereocenters. The van der Waals surface area contributed by atoms with Gasteiger partial charge in [0.1, 0.15) is 0 Å². The molecule has 0 bridgehead atoms. The van der Waals surface area contributed by atoms with Crippen molar-refractivity contribution in [2.75, 3.05) is 0 Å². The quantitative estimate of drug-likeness (QED) is 0.828. The van der Waals surface area contributed by atoms with E-state index in [-0.39, 0.29) is 11.8 Å². The van der Waals surface area contributed by atoms with Gasteiger partial charge in [-0.2, -0.15) is 0 Å². The van der Waals surface area contributed by atoms with Crippen LogP contribution in [0, 0.1) is 6.92 Å². The SMILES string of the molecule is Cc1ccc(C(=O)NN(C(=O)c2ccccc2Cl)C(C)(C)C)cc1. The number of hydrogen-bond acceptors (Lipinski definition) is 2. The van der Waals surface area contributed by atoms with Crippen LogP contribution in [0.25, 0.3) is 0 Å². The predicted octanol–water partition coefficient (Wildman–Crippen LogP) is 4.23. The number of benzene rings is 2. The van der Waals surface area contributed by atoms with E-state index < -0.39 is 5.54 Å². The van der Waals surface area contributed by atoms with Crippen LogP contribution >= 0.6 is 11.6 Å². The van der Waals surface area contributed by atoms with E-state index in [1.165, 1.54) is 5.01 Å². The molecule has 4 nitrogen and oxygen atoms in total. The summed E-state index contributed by atoms with van der Waals surface area (Å²) in [7, 11) is 0. The van der Waals surface area contributed by atoms with E-state index in [0.717, 1.165) is 5.56 Å². The number of aryl methyl sites for hydroxylation is 1. The molecule has 24 heavy (non-hydrogen) atoms.